The average molecular weight is 356 g/mol. The molecule has 0 bridgehead atoms. The van der Waals surface area contributed by atoms with Gasteiger partial charge >= 0.3 is 0 Å². The third-order valence-electron chi connectivity index (χ3n) is 5.20. The molecule has 25 heavy (non-hydrogen) atoms. The van der Waals surface area contributed by atoms with Crippen LogP contribution < -0.4 is 5.11 Å². The number of rotatable bonds is 17. The minimum absolute atomic E-state index is 0.363. The van der Waals surface area contributed by atoms with Crippen LogP contribution in [0.5, 0.6) is 0 Å². The highest BCUT2D eigenvalue weighted by Gasteiger charge is 2.32. The van der Waals surface area contributed by atoms with E-state index in [4.69, 9.17) is 0 Å². The molecule has 0 amide bonds. The SMILES string of the molecule is C=CCCCCC(O)C[N+](CCCC)(CCCC)CC(CC)C(=O)[O-]. The number of allylic oxidation sites excluding steroid dienone is 1. The van der Waals surface area contributed by atoms with E-state index in [1.54, 1.807) is 0 Å². The molecule has 0 aliphatic rings. The Labute approximate surface area is 155 Å². The molecule has 1 N–H and O–H groups in total. The van der Waals surface area contributed by atoms with Gasteiger partial charge in [-0.05, 0) is 38.5 Å². The van der Waals surface area contributed by atoms with Crippen LogP contribution in [0, 0.1) is 5.92 Å². The predicted octanol–water partition coefficient (Wildman–Crippen LogP) is 3.29. The topological polar surface area (TPSA) is 60.4 Å². The normalized spacial score (nSPS) is 14.2. The van der Waals surface area contributed by atoms with Gasteiger partial charge in [0.25, 0.3) is 0 Å². The molecule has 0 radical (unpaired) electrons. The molecule has 0 saturated carbocycles. The lowest BCUT2D eigenvalue weighted by atomic mass is 10.0. The van der Waals surface area contributed by atoms with Gasteiger partial charge in [-0.25, -0.2) is 0 Å². The first-order chi connectivity index (χ1) is 11.9. The maximum atomic E-state index is 11.5. The zero-order chi connectivity index (χ0) is 19.1. The summed E-state index contributed by atoms with van der Waals surface area (Å²) in [7, 11) is 0. The average Bonchev–Trinajstić information content (AvgIpc) is 2.59. The summed E-state index contributed by atoms with van der Waals surface area (Å²) in [6.07, 6.45) is 10.3. The van der Waals surface area contributed by atoms with Crippen LogP contribution in [-0.4, -0.2) is 47.8 Å². The first kappa shape index (κ1) is 24.1. The van der Waals surface area contributed by atoms with E-state index in [-0.39, 0.29) is 6.10 Å². The number of aliphatic carboxylic acids is 1. The molecular weight excluding hydrogens is 314 g/mol. The third kappa shape index (κ3) is 10.7. The van der Waals surface area contributed by atoms with Crippen molar-refractivity contribution in [3.8, 4) is 0 Å². The first-order valence-electron chi connectivity index (χ1n) is 10.3. The highest BCUT2D eigenvalue weighted by atomic mass is 16.4. The highest BCUT2D eigenvalue weighted by molar-refractivity contribution is 5.67. The van der Waals surface area contributed by atoms with Crippen molar-refractivity contribution in [2.24, 2.45) is 5.92 Å². The number of carboxylic acids is 1. The van der Waals surface area contributed by atoms with Crippen molar-refractivity contribution >= 4 is 5.97 Å². The van der Waals surface area contributed by atoms with E-state index in [2.05, 4.69) is 20.4 Å². The van der Waals surface area contributed by atoms with Gasteiger partial charge in [0.15, 0.2) is 0 Å². The third-order valence-corrected chi connectivity index (χ3v) is 5.20. The van der Waals surface area contributed by atoms with Crippen LogP contribution in [-0.2, 0) is 4.79 Å². The van der Waals surface area contributed by atoms with Gasteiger partial charge in [-0.1, -0.05) is 46.1 Å². The Balaban J connectivity index is 5.07. The van der Waals surface area contributed by atoms with Gasteiger partial charge in [0.1, 0.15) is 12.6 Å². The number of quaternary nitrogens is 1. The van der Waals surface area contributed by atoms with Crippen molar-refractivity contribution in [3.05, 3.63) is 12.7 Å². The van der Waals surface area contributed by atoms with Gasteiger partial charge in [-0.3, -0.25) is 0 Å². The lowest BCUT2D eigenvalue weighted by molar-refractivity contribution is -0.933. The van der Waals surface area contributed by atoms with Crippen LogP contribution in [0.3, 0.4) is 0 Å². The predicted molar refractivity (Wildman–Crippen MR) is 103 cm³/mol. The van der Waals surface area contributed by atoms with E-state index in [1.807, 2.05) is 13.0 Å². The zero-order valence-corrected chi connectivity index (χ0v) is 16.8. The molecule has 0 aliphatic heterocycles. The lowest BCUT2D eigenvalue weighted by Crippen LogP contribution is -2.57. The fourth-order valence-electron chi connectivity index (χ4n) is 3.58. The van der Waals surface area contributed by atoms with Crippen molar-refractivity contribution in [1.82, 2.24) is 0 Å². The van der Waals surface area contributed by atoms with E-state index in [9.17, 15) is 15.0 Å². The van der Waals surface area contributed by atoms with Gasteiger partial charge in [0.05, 0.1) is 25.6 Å². The van der Waals surface area contributed by atoms with Gasteiger partial charge < -0.3 is 19.5 Å². The summed E-state index contributed by atoms with van der Waals surface area (Å²) < 4.78 is 0.719. The number of unbranched alkanes of at least 4 members (excludes halogenated alkanes) is 4. The Morgan fingerprint density at radius 2 is 1.68 bits per heavy atom. The smallest absolute Gasteiger partial charge is 0.105 e. The van der Waals surface area contributed by atoms with Crippen molar-refractivity contribution in [1.29, 1.82) is 0 Å². The summed E-state index contributed by atoms with van der Waals surface area (Å²) in [5.41, 5.74) is 0. The maximum Gasteiger partial charge on any atom is 0.105 e. The molecule has 0 aromatic rings. The molecule has 148 valence electrons. The number of hydrogen-bond donors (Lipinski definition) is 1. The number of carbonyl (C=O) groups is 1. The Kier molecular flexibility index (Phi) is 13.8. The van der Waals surface area contributed by atoms with Gasteiger partial charge in [-0.15, -0.1) is 6.58 Å². The summed E-state index contributed by atoms with van der Waals surface area (Å²) in [6.45, 7) is 13.1. The number of aliphatic hydroxyl groups is 1. The second-order valence-electron chi connectivity index (χ2n) is 7.51. The Morgan fingerprint density at radius 3 is 2.12 bits per heavy atom. The number of aliphatic hydroxyl groups excluding tert-OH is 1. The van der Waals surface area contributed by atoms with E-state index in [0.717, 1.165) is 68.9 Å². The summed E-state index contributed by atoms with van der Waals surface area (Å²) in [6, 6.07) is 0. The molecule has 0 spiro atoms. The van der Waals surface area contributed by atoms with E-state index >= 15 is 0 Å². The van der Waals surface area contributed by atoms with Crippen LogP contribution in [0.1, 0.15) is 78.6 Å². The van der Waals surface area contributed by atoms with Gasteiger partial charge in [0, 0.05) is 5.92 Å². The second-order valence-corrected chi connectivity index (χ2v) is 7.51. The minimum atomic E-state index is -0.946. The fraction of sp³-hybridized carbons (Fsp3) is 0.857. The van der Waals surface area contributed by atoms with Crippen LogP contribution in [0.2, 0.25) is 0 Å². The van der Waals surface area contributed by atoms with Crippen LogP contribution in [0.4, 0.5) is 0 Å². The summed E-state index contributed by atoms with van der Waals surface area (Å²) in [5.74, 6) is -1.37. The van der Waals surface area contributed by atoms with Crippen molar-refractivity contribution in [2.45, 2.75) is 84.7 Å². The van der Waals surface area contributed by atoms with Crippen LogP contribution in [0.15, 0.2) is 12.7 Å². The first-order valence-corrected chi connectivity index (χ1v) is 10.3. The summed E-state index contributed by atoms with van der Waals surface area (Å²) in [5, 5.41) is 22.1. The molecule has 0 fully saturated rings. The molecule has 0 saturated heterocycles. The second kappa shape index (κ2) is 14.3. The molecule has 0 rings (SSSR count). The van der Waals surface area contributed by atoms with Crippen molar-refractivity contribution in [3.63, 3.8) is 0 Å². The number of carboxylic acid groups (broad SMARTS) is 1. The molecular formula is C21H41NO3. The lowest BCUT2D eigenvalue weighted by Gasteiger charge is -2.43. The Hall–Kier alpha value is -0.870. The molecule has 0 aromatic carbocycles. The fourth-order valence-corrected chi connectivity index (χ4v) is 3.58. The van der Waals surface area contributed by atoms with E-state index in [0.29, 0.717) is 19.5 Å². The highest BCUT2D eigenvalue weighted by Crippen LogP contribution is 2.20. The summed E-state index contributed by atoms with van der Waals surface area (Å²) >= 11 is 0. The van der Waals surface area contributed by atoms with Crippen molar-refractivity contribution < 1.29 is 19.5 Å². The Morgan fingerprint density at radius 1 is 1.08 bits per heavy atom. The number of hydrogen-bond acceptors (Lipinski definition) is 3. The molecule has 4 heteroatoms. The number of nitrogens with zero attached hydrogens (tertiary/aromatic N) is 1. The maximum absolute atomic E-state index is 11.5. The van der Waals surface area contributed by atoms with Gasteiger partial charge in [-0.2, -0.15) is 0 Å². The quantitative estimate of drug-likeness (QED) is 0.247. The molecule has 0 aromatic heterocycles. The molecule has 0 aliphatic carbocycles. The van der Waals surface area contributed by atoms with Crippen molar-refractivity contribution in [2.75, 3.05) is 26.2 Å². The van der Waals surface area contributed by atoms with Crippen LogP contribution in [0.25, 0.3) is 0 Å². The standard InChI is InChI=1S/C21H41NO3/c1-5-9-12-13-14-20(23)18-22(15-10-6-2,16-11-7-3)17-19(8-4)21(24)25/h5,19-20,23H,1,6-18H2,2-4H3. The van der Waals surface area contributed by atoms with Gasteiger partial charge in [0.2, 0.25) is 0 Å². The molecule has 2 atom stereocenters. The number of carbonyl (C=O) groups excluding carboxylic acids is 1. The van der Waals surface area contributed by atoms with E-state index < -0.39 is 11.9 Å². The molecule has 2 unspecified atom stereocenters. The zero-order valence-electron chi connectivity index (χ0n) is 16.8. The summed E-state index contributed by atoms with van der Waals surface area (Å²) in [4.78, 5) is 11.5. The molecule has 4 nitrogen and oxygen atoms in total. The minimum Gasteiger partial charge on any atom is -0.550 e. The van der Waals surface area contributed by atoms with Crippen LogP contribution >= 0.6 is 0 Å². The largest absolute Gasteiger partial charge is 0.550 e. The molecule has 0 heterocycles. The Bertz CT molecular complexity index is 349. The monoisotopic (exact) mass is 355 g/mol. The van der Waals surface area contributed by atoms with E-state index in [1.165, 1.54) is 0 Å².